The number of hydrogen-bond donors (Lipinski definition) is 3. The van der Waals surface area contributed by atoms with Gasteiger partial charge in [-0.1, -0.05) is 37.6 Å². The van der Waals surface area contributed by atoms with Crippen molar-refractivity contribution < 1.29 is 38.7 Å². The first-order valence-electron chi connectivity index (χ1n) is 11.8. The summed E-state index contributed by atoms with van der Waals surface area (Å²) < 4.78 is 30.7. The summed E-state index contributed by atoms with van der Waals surface area (Å²) >= 11 is 0. The van der Waals surface area contributed by atoms with Crippen molar-refractivity contribution >= 4 is 5.97 Å². The molecule has 0 bridgehead atoms. The van der Waals surface area contributed by atoms with Crippen LogP contribution in [0, 0.1) is 23.6 Å². The summed E-state index contributed by atoms with van der Waals surface area (Å²) in [6.45, 7) is 2.65. The average Bonchev–Trinajstić information content (AvgIpc) is 2.95. The van der Waals surface area contributed by atoms with Crippen LogP contribution in [-0.2, 0) is 14.3 Å². The number of benzene rings is 1. The molecule has 1 aliphatic heterocycles. The Bertz CT molecular complexity index is 786. The Balaban J connectivity index is 1.50. The van der Waals surface area contributed by atoms with Gasteiger partial charge in [-0.2, -0.15) is 0 Å². The molecule has 1 aromatic carbocycles. The molecule has 0 aromatic heterocycles. The number of carboxylic acid groups (broad SMARTS) is 1. The van der Waals surface area contributed by atoms with Gasteiger partial charge in [0, 0.05) is 18.3 Å². The van der Waals surface area contributed by atoms with Crippen molar-refractivity contribution in [3.8, 4) is 5.75 Å². The second kappa shape index (κ2) is 12.5. The van der Waals surface area contributed by atoms with Gasteiger partial charge >= 0.3 is 5.97 Å². The third kappa shape index (κ3) is 7.24. The van der Waals surface area contributed by atoms with Crippen LogP contribution < -0.4 is 4.74 Å². The molecule has 184 valence electrons. The molecular formula is C25H35FO7. The van der Waals surface area contributed by atoms with Gasteiger partial charge in [-0.25, -0.2) is 9.18 Å². The maximum absolute atomic E-state index is 13.6. The highest BCUT2D eigenvalue weighted by Gasteiger charge is 2.43. The van der Waals surface area contributed by atoms with Crippen LogP contribution in [0.3, 0.4) is 0 Å². The maximum atomic E-state index is 13.6. The Morgan fingerprint density at radius 3 is 2.85 bits per heavy atom. The molecule has 0 spiro atoms. The molecule has 0 amide bonds. The third-order valence-corrected chi connectivity index (χ3v) is 6.51. The van der Waals surface area contributed by atoms with Crippen molar-refractivity contribution in [2.24, 2.45) is 17.8 Å². The second-order valence-electron chi connectivity index (χ2n) is 9.00. The van der Waals surface area contributed by atoms with E-state index >= 15 is 0 Å². The molecule has 33 heavy (non-hydrogen) atoms. The molecule has 1 unspecified atom stereocenters. The van der Waals surface area contributed by atoms with Crippen LogP contribution in [0.2, 0.25) is 0 Å². The lowest BCUT2D eigenvalue weighted by Gasteiger charge is -2.21. The van der Waals surface area contributed by atoms with Crippen LogP contribution in [0.5, 0.6) is 5.75 Å². The SMILES string of the molecule is CCCC(OC[C@@H]1CC[C@@H]2[C@@H](/C=C/[C@@H](O)COc3ccccc3F)[C@H](O)C[C@@H]2OC1)C(=O)O. The zero-order chi connectivity index (χ0) is 23.8. The van der Waals surface area contributed by atoms with Gasteiger partial charge in [-0.3, -0.25) is 0 Å². The number of aliphatic carboxylic acids is 1. The Hall–Kier alpha value is -2.00. The van der Waals surface area contributed by atoms with E-state index in [-0.39, 0.29) is 36.2 Å². The largest absolute Gasteiger partial charge is 0.487 e. The molecule has 1 aliphatic carbocycles. The Morgan fingerprint density at radius 2 is 2.12 bits per heavy atom. The topological polar surface area (TPSA) is 105 Å². The van der Waals surface area contributed by atoms with Gasteiger partial charge in [0.1, 0.15) is 12.7 Å². The highest BCUT2D eigenvalue weighted by molar-refractivity contribution is 5.72. The standard InChI is InChI=1S/C25H35FO7/c1-2-5-23(25(29)30)31-13-16-8-10-19-18(21(28)12-24(19)32-14-16)11-9-17(27)15-33-22-7-4-3-6-20(22)26/h3-4,6-7,9,11,16-19,21,23-24,27-28H,2,5,8,10,12-15H2,1H3,(H,29,30)/b11-9+/t16-,17+,18+,19+,21+,23?,24-/m0/s1. The summed E-state index contributed by atoms with van der Waals surface area (Å²) in [5.41, 5.74) is 0. The minimum atomic E-state index is -0.936. The Kier molecular flexibility index (Phi) is 9.67. The predicted molar refractivity (Wildman–Crippen MR) is 119 cm³/mol. The molecule has 1 saturated carbocycles. The predicted octanol–water partition coefficient (Wildman–Crippen LogP) is 3.18. The van der Waals surface area contributed by atoms with Crippen molar-refractivity contribution in [3.05, 3.63) is 42.2 Å². The van der Waals surface area contributed by atoms with E-state index in [9.17, 15) is 24.5 Å². The highest BCUT2D eigenvalue weighted by Crippen LogP contribution is 2.41. The number of carboxylic acids is 1. The third-order valence-electron chi connectivity index (χ3n) is 6.51. The maximum Gasteiger partial charge on any atom is 0.332 e. The molecule has 2 fully saturated rings. The second-order valence-corrected chi connectivity index (χ2v) is 9.00. The number of ether oxygens (including phenoxy) is 3. The summed E-state index contributed by atoms with van der Waals surface area (Å²) in [5, 5.41) is 30.1. The van der Waals surface area contributed by atoms with E-state index in [1.54, 1.807) is 18.2 Å². The fourth-order valence-corrected chi connectivity index (χ4v) is 4.69. The van der Waals surface area contributed by atoms with Gasteiger partial charge in [-0.15, -0.1) is 0 Å². The van der Waals surface area contributed by atoms with Crippen molar-refractivity contribution in [1.29, 1.82) is 0 Å². The van der Waals surface area contributed by atoms with Gasteiger partial charge in [0.2, 0.25) is 0 Å². The first-order valence-corrected chi connectivity index (χ1v) is 11.8. The molecule has 2 aliphatic rings. The molecule has 1 aromatic rings. The summed E-state index contributed by atoms with van der Waals surface area (Å²) in [6, 6.07) is 6.02. The minimum Gasteiger partial charge on any atom is -0.487 e. The first-order chi connectivity index (χ1) is 15.9. The fraction of sp³-hybridized carbons (Fsp3) is 0.640. The van der Waals surface area contributed by atoms with Crippen molar-refractivity contribution in [2.75, 3.05) is 19.8 Å². The Labute approximate surface area is 194 Å². The summed E-state index contributed by atoms with van der Waals surface area (Å²) in [4.78, 5) is 11.3. The molecule has 1 saturated heterocycles. The number of carbonyl (C=O) groups is 1. The molecule has 3 rings (SSSR count). The van der Waals surface area contributed by atoms with Crippen LogP contribution in [0.1, 0.15) is 39.0 Å². The summed E-state index contributed by atoms with van der Waals surface area (Å²) in [5.74, 6) is -1.29. The number of aliphatic hydroxyl groups is 2. The Morgan fingerprint density at radius 1 is 1.33 bits per heavy atom. The van der Waals surface area contributed by atoms with E-state index in [1.807, 2.05) is 13.0 Å². The van der Waals surface area contributed by atoms with Gasteiger partial charge in [0.15, 0.2) is 17.7 Å². The van der Waals surface area contributed by atoms with Gasteiger partial charge in [0.05, 0.1) is 25.4 Å². The fourth-order valence-electron chi connectivity index (χ4n) is 4.69. The number of hydrogen-bond acceptors (Lipinski definition) is 6. The summed E-state index contributed by atoms with van der Waals surface area (Å²) in [6.07, 6.45) is 4.40. The van der Waals surface area contributed by atoms with E-state index in [4.69, 9.17) is 14.2 Å². The number of para-hydroxylation sites is 1. The van der Waals surface area contributed by atoms with Crippen LogP contribution in [0.4, 0.5) is 4.39 Å². The van der Waals surface area contributed by atoms with Crippen molar-refractivity contribution in [3.63, 3.8) is 0 Å². The van der Waals surface area contributed by atoms with E-state index in [0.717, 1.165) is 19.3 Å². The highest BCUT2D eigenvalue weighted by atomic mass is 19.1. The number of aliphatic hydroxyl groups excluding tert-OH is 2. The lowest BCUT2D eigenvalue weighted by molar-refractivity contribution is -0.152. The zero-order valence-electron chi connectivity index (χ0n) is 19.0. The quantitative estimate of drug-likeness (QED) is 0.430. The van der Waals surface area contributed by atoms with E-state index in [0.29, 0.717) is 26.1 Å². The minimum absolute atomic E-state index is 0.0837. The molecule has 7 atom stereocenters. The monoisotopic (exact) mass is 466 g/mol. The van der Waals surface area contributed by atoms with Crippen molar-refractivity contribution in [1.82, 2.24) is 0 Å². The number of halogens is 1. The molecular weight excluding hydrogens is 431 g/mol. The molecule has 7 nitrogen and oxygen atoms in total. The van der Waals surface area contributed by atoms with Gasteiger partial charge < -0.3 is 29.5 Å². The lowest BCUT2D eigenvalue weighted by Crippen LogP contribution is -2.27. The normalized spacial score (nSPS) is 29.4. The van der Waals surface area contributed by atoms with E-state index in [2.05, 4.69) is 0 Å². The van der Waals surface area contributed by atoms with Crippen LogP contribution in [0.25, 0.3) is 0 Å². The zero-order valence-corrected chi connectivity index (χ0v) is 19.0. The summed E-state index contributed by atoms with van der Waals surface area (Å²) in [7, 11) is 0. The van der Waals surface area contributed by atoms with Gasteiger partial charge in [-0.05, 0) is 37.3 Å². The van der Waals surface area contributed by atoms with E-state index < -0.39 is 30.1 Å². The van der Waals surface area contributed by atoms with E-state index in [1.165, 1.54) is 12.1 Å². The van der Waals surface area contributed by atoms with Gasteiger partial charge in [0.25, 0.3) is 0 Å². The molecule has 0 radical (unpaired) electrons. The first kappa shape index (κ1) is 25.6. The molecule has 3 N–H and O–H groups in total. The number of rotatable bonds is 11. The number of fused-ring (bicyclic) bond motifs is 1. The lowest BCUT2D eigenvalue weighted by atomic mass is 9.87. The average molecular weight is 467 g/mol. The molecule has 1 heterocycles. The van der Waals surface area contributed by atoms with Crippen LogP contribution >= 0.6 is 0 Å². The van der Waals surface area contributed by atoms with Crippen molar-refractivity contribution in [2.45, 2.75) is 63.4 Å². The molecule has 8 heteroatoms. The van der Waals surface area contributed by atoms with Crippen LogP contribution in [0.15, 0.2) is 36.4 Å². The van der Waals surface area contributed by atoms with Crippen LogP contribution in [-0.4, -0.2) is 65.5 Å². The smallest absolute Gasteiger partial charge is 0.332 e.